The number of thioether (sulfide) groups is 1. The zero-order chi connectivity index (χ0) is 24.4. The molecule has 0 aromatic heterocycles. The predicted octanol–water partition coefficient (Wildman–Crippen LogP) is 6.57. The van der Waals surface area contributed by atoms with Gasteiger partial charge in [0.2, 0.25) is 0 Å². The number of benzene rings is 3. The maximum absolute atomic E-state index is 9.95. The van der Waals surface area contributed by atoms with E-state index in [2.05, 4.69) is 30.9 Å². The first kappa shape index (κ1) is 23.9. The number of phenolic OH excluding ortho intramolecular Hbond substituents is 2. The molecule has 0 aliphatic carbocycles. The van der Waals surface area contributed by atoms with Crippen LogP contribution in [-0.2, 0) is 0 Å². The van der Waals surface area contributed by atoms with Gasteiger partial charge in [-0.1, -0.05) is 38.1 Å². The standard InChI is InChI=1S/C29H33NO4S/c1-3-29(2)14-15-30(19-29)16-17-33-24-11-6-20(7-12-24)27-28(21-4-8-22(31)9-5-21)35-26-18-23(32)10-13-25(26)34-27/h4-13,18,27-28,31-32H,3,14-17,19H2,1-2H3/t27-,28+,29+/m0/s1. The topological polar surface area (TPSA) is 62.2 Å². The lowest BCUT2D eigenvalue weighted by molar-refractivity contribution is 0.190. The summed E-state index contributed by atoms with van der Waals surface area (Å²) in [4.78, 5) is 3.41. The molecule has 5 rings (SSSR count). The van der Waals surface area contributed by atoms with Crippen molar-refractivity contribution < 1.29 is 19.7 Å². The molecule has 3 aromatic rings. The van der Waals surface area contributed by atoms with Crippen molar-refractivity contribution in [2.75, 3.05) is 26.2 Å². The highest BCUT2D eigenvalue weighted by Crippen LogP contribution is 2.54. The number of ether oxygens (including phenoxy) is 2. The van der Waals surface area contributed by atoms with Crippen LogP contribution in [0.5, 0.6) is 23.0 Å². The minimum Gasteiger partial charge on any atom is -0.508 e. The summed E-state index contributed by atoms with van der Waals surface area (Å²) in [6.07, 6.45) is 2.28. The van der Waals surface area contributed by atoms with E-state index in [1.165, 1.54) is 12.8 Å². The van der Waals surface area contributed by atoms with Crippen LogP contribution >= 0.6 is 11.8 Å². The summed E-state index contributed by atoms with van der Waals surface area (Å²) >= 11 is 1.66. The lowest BCUT2D eigenvalue weighted by Gasteiger charge is -2.34. The van der Waals surface area contributed by atoms with Gasteiger partial charge >= 0.3 is 0 Å². The minimum absolute atomic E-state index is 0.0280. The summed E-state index contributed by atoms with van der Waals surface area (Å²) in [7, 11) is 0. The highest BCUT2D eigenvalue weighted by molar-refractivity contribution is 7.99. The van der Waals surface area contributed by atoms with Gasteiger partial charge in [0.05, 0.1) is 10.1 Å². The second-order valence-electron chi connectivity index (χ2n) is 9.91. The summed E-state index contributed by atoms with van der Waals surface area (Å²) in [5.41, 5.74) is 2.56. The number of likely N-dealkylation sites (tertiary alicyclic amines) is 1. The Hall–Kier alpha value is -2.83. The first-order valence-corrected chi connectivity index (χ1v) is 13.2. The molecule has 2 heterocycles. The van der Waals surface area contributed by atoms with E-state index in [0.717, 1.165) is 47.2 Å². The van der Waals surface area contributed by atoms with E-state index in [1.54, 1.807) is 36.0 Å². The Labute approximate surface area is 211 Å². The molecule has 3 atom stereocenters. The van der Waals surface area contributed by atoms with Gasteiger partial charge in [-0.25, -0.2) is 0 Å². The molecule has 0 amide bonds. The van der Waals surface area contributed by atoms with Crippen molar-refractivity contribution in [2.24, 2.45) is 5.41 Å². The Morgan fingerprint density at radius 3 is 2.43 bits per heavy atom. The van der Waals surface area contributed by atoms with E-state index in [4.69, 9.17) is 9.47 Å². The van der Waals surface area contributed by atoms with E-state index in [-0.39, 0.29) is 22.9 Å². The van der Waals surface area contributed by atoms with Crippen LogP contribution in [-0.4, -0.2) is 41.4 Å². The number of hydrogen-bond donors (Lipinski definition) is 2. The molecule has 2 aliphatic heterocycles. The van der Waals surface area contributed by atoms with Crippen molar-refractivity contribution in [2.45, 2.75) is 42.9 Å². The van der Waals surface area contributed by atoms with Crippen LogP contribution in [0.1, 0.15) is 49.2 Å². The average Bonchev–Trinajstić information content (AvgIpc) is 3.25. The molecular weight excluding hydrogens is 458 g/mol. The SMILES string of the molecule is CC[C@]1(C)CCN(CCOc2ccc([C@@H]3Oc4ccc(O)cc4S[C@@H]3c3ccc(O)cc3)cc2)C1. The number of rotatable bonds is 7. The van der Waals surface area contributed by atoms with Gasteiger partial charge in [-0.3, -0.25) is 4.90 Å². The Balaban J connectivity index is 1.29. The van der Waals surface area contributed by atoms with Crippen LogP contribution in [0.2, 0.25) is 0 Å². The Bertz CT molecular complexity index is 1150. The number of fused-ring (bicyclic) bond motifs is 1. The van der Waals surface area contributed by atoms with Crippen LogP contribution in [0.25, 0.3) is 0 Å². The van der Waals surface area contributed by atoms with Gasteiger partial charge in [-0.05, 0) is 78.4 Å². The van der Waals surface area contributed by atoms with E-state index in [1.807, 2.05) is 30.3 Å². The summed E-state index contributed by atoms with van der Waals surface area (Å²) in [6, 6.07) is 20.6. The number of phenols is 2. The van der Waals surface area contributed by atoms with Gasteiger partial charge < -0.3 is 19.7 Å². The molecule has 1 fully saturated rings. The van der Waals surface area contributed by atoms with E-state index < -0.39 is 0 Å². The van der Waals surface area contributed by atoms with Crippen LogP contribution in [0.4, 0.5) is 0 Å². The minimum atomic E-state index is -0.216. The van der Waals surface area contributed by atoms with Crippen LogP contribution in [0, 0.1) is 5.41 Å². The third-order valence-corrected chi connectivity index (χ3v) is 8.65. The van der Waals surface area contributed by atoms with Gasteiger partial charge in [-0.15, -0.1) is 11.8 Å². The Kier molecular flexibility index (Phi) is 6.85. The monoisotopic (exact) mass is 491 g/mol. The van der Waals surface area contributed by atoms with Crippen molar-refractivity contribution >= 4 is 11.8 Å². The molecule has 1 saturated heterocycles. The fourth-order valence-electron chi connectivity index (χ4n) is 4.88. The molecule has 35 heavy (non-hydrogen) atoms. The molecule has 5 nitrogen and oxygen atoms in total. The van der Waals surface area contributed by atoms with Crippen molar-refractivity contribution in [1.82, 2.24) is 4.90 Å². The smallest absolute Gasteiger partial charge is 0.140 e. The second-order valence-corrected chi connectivity index (χ2v) is 11.1. The molecule has 184 valence electrons. The lowest BCUT2D eigenvalue weighted by Crippen LogP contribution is -2.28. The molecule has 2 aliphatic rings. The van der Waals surface area contributed by atoms with Crippen LogP contribution in [0.15, 0.2) is 71.6 Å². The number of nitrogens with zero attached hydrogens (tertiary/aromatic N) is 1. The van der Waals surface area contributed by atoms with E-state index >= 15 is 0 Å². The molecule has 0 spiro atoms. The third-order valence-electron chi connectivity index (χ3n) is 7.31. The fraction of sp³-hybridized carbons (Fsp3) is 0.379. The zero-order valence-corrected chi connectivity index (χ0v) is 21.1. The Morgan fingerprint density at radius 1 is 1.00 bits per heavy atom. The maximum Gasteiger partial charge on any atom is 0.140 e. The molecule has 6 heteroatoms. The van der Waals surface area contributed by atoms with Crippen LogP contribution < -0.4 is 9.47 Å². The van der Waals surface area contributed by atoms with Crippen molar-refractivity contribution in [3.63, 3.8) is 0 Å². The second kappa shape index (κ2) is 10.0. The van der Waals surface area contributed by atoms with Gasteiger partial charge in [0.1, 0.15) is 35.7 Å². The number of hydrogen-bond acceptors (Lipinski definition) is 6. The summed E-state index contributed by atoms with van der Waals surface area (Å²) in [5, 5.41) is 19.7. The Morgan fingerprint density at radius 2 is 1.71 bits per heavy atom. The van der Waals surface area contributed by atoms with Gasteiger partial charge in [0, 0.05) is 13.1 Å². The quantitative estimate of drug-likeness (QED) is 0.390. The van der Waals surface area contributed by atoms with Gasteiger partial charge in [-0.2, -0.15) is 0 Å². The van der Waals surface area contributed by atoms with Crippen molar-refractivity contribution in [1.29, 1.82) is 0 Å². The largest absolute Gasteiger partial charge is 0.508 e. The summed E-state index contributed by atoms with van der Waals surface area (Å²) in [5.74, 6) is 2.08. The average molecular weight is 492 g/mol. The van der Waals surface area contributed by atoms with Gasteiger partial charge in [0.15, 0.2) is 0 Å². The van der Waals surface area contributed by atoms with E-state index in [0.29, 0.717) is 12.0 Å². The molecule has 0 bridgehead atoms. The molecule has 0 unspecified atom stereocenters. The molecule has 0 radical (unpaired) electrons. The number of aromatic hydroxyl groups is 2. The van der Waals surface area contributed by atoms with Gasteiger partial charge in [0.25, 0.3) is 0 Å². The summed E-state index contributed by atoms with van der Waals surface area (Å²) < 4.78 is 12.5. The highest BCUT2D eigenvalue weighted by Gasteiger charge is 2.34. The zero-order valence-electron chi connectivity index (χ0n) is 20.3. The molecule has 3 aromatic carbocycles. The normalized spacial score (nSPS) is 24.1. The first-order chi connectivity index (χ1) is 16.9. The first-order valence-electron chi connectivity index (χ1n) is 12.3. The predicted molar refractivity (Wildman–Crippen MR) is 140 cm³/mol. The van der Waals surface area contributed by atoms with Crippen molar-refractivity contribution in [3.05, 3.63) is 77.9 Å². The van der Waals surface area contributed by atoms with Crippen LogP contribution in [0.3, 0.4) is 0 Å². The molecule has 2 N–H and O–H groups in total. The fourth-order valence-corrected chi connectivity index (χ4v) is 6.21. The maximum atomic E-state index is 9.95. The molecule has 0 saturated carbocycles. The highest BCUT2D eigenvalue weighted by atomic mass is 32.2. The van der Waals surface area contributed by atoms with E-state index in [9.17, 15) is 10.2 Å². The third kappa shape index (κ3) is 5.39. The summed E-state index contributed by atoms with van der Waals surface area (Å²) in [6.45, 7) is 8.60. The van der Waals surface area contributed by atoms with Crippen molar-refractivity contribution in [3.8, 4) is 23.0 Å². The lowest BCUT2D eigenvalue weighted by atomic mass is 9.87. The molecular formula is C29H33NO4S.